The van der Waals surface area contributed by atoms with Gasteiger partial charge in [0.05, 0.1) is 23.5 Å². The number of carbonyl (C=O) groups is 3. The fourth-order valence-corrected chi connectivity index (χ4v) is 4.05. The third kappa shape index (κ3) is 7.91. The maximum absolute atomic E-state index is 12.6. The van der Waals surface area contributed by atoms with Gasteiger partial charge >= 0.3 is 6.16 Å². The molecule has 1 aromatic heterocycles. The van der Waals surface area contributed by atoms with Crippen molar-refractivity contribution in [3.05, 3.63) is 89.6 Å². The molecule has 0 aliphatic heterocycles. The second kappa shape index (κ2) is 12.5. The molecule has 0 spiro atoms. The van der Waals surface area contributed by atoms with E-state index in [2.05, 4.69) is 15.0 Å². The Balaban J connectivity index is 1.50. The molecule has 3 aromatic rings. The van der Waals surface area contributed by atoms with E-state index in [4.69, 9.17) is 4.74 Å². The molecule has 0 aliphatic carbocycles. The lowest BCUT2D eigenvalue weighted by Crippen LogP contribution is -2.30. The van der Waals surface area contributed by atoms with Gasteiger partial charge in [0.2, 0.25) is 11.8 Å². The summed E-state index contributed by atoms with van der Waals surface area (Å²) in [6, 6.07) is 17.9. The summed E-state index contributed by atoms with van der Waals surface area (Å²) >= 11 is 0. The summed E-state index contributed by atoms with van der Waals surface area (Å²) in [5, 5.41) is 2.83. The van der Waals surface area contributed by atoms with Crippen LogP contribution in [0.5, 0.6) is 5.88 Å². The summed E-state index contributed by atoms with van der Waals surface area (Å²) in [5.41, 5.74) is 1.70. The molecule has 2 aromatic carbocycles. The molecule has 0 unspecified atom stereocenters. The topological polar surface area (TPSA) is 141 Å². The fraction of sp³-hybridized carbons (Fsp3) is 0.200. The van der Waals surface area contributed by atoms with Crippen LogP contribution in [0.15, 0.2) is 77.8 Å². The third-order valence-electron chi connectivity index (χ3n) is 4.85. The molecular weight excluding hydrogens is 486 g/mol. The summed E-state index contributed by atoms with van der Waals surface area (Å²) in [6.45, 7) is 2.14. The van der Waals surface area contributed by atoms with Crippen molar-refractivity contribution in [3.8, 4) is 5.88 Å². The summed E-state index contributed by atoms with van der Waals surface area (Å²) in [5.74, 6) is -1.09. The van der Waals surface area contributed by atoms with Gasteiger partial charge in [-0.05, 0) is 42.7 Å². The maximum atomic E-state index is 12.6. The van der Waals surface area contributed by atoms with Crippen molar-refractivity contribution < 1.29 is 32.3 Å². The standard InChI is InChI=1S/C25H25N3O7S/c1-2-34-25(31)35-23-13-10-20(17-27-23)24(30)28-36(32,33)21-11-8-18(9-12-21)14-15-26-22(29)16-19-6-4-3-5-7-19/h3-13,17H,2,14-16H2,1H3,(H,26,29)(H,28,30). The first-order chi connectivity index (χ1) is 17.3. The van der Waals surface area contributed by atoms with Gasteiger partial charge in [0.15, 0.2) is 0 Å². The van der Waals surface area contributed by atoms with E-state index in [1.165, 1.54) is 24.3 Å². The van der Waals surface area contributed by atoms with Crippen LogP contribution >= 0.6 is 0 Å². The maximum Gasteiger partial charge on any atom is 0.515 e. The Hall–Kier alpha value is -4.25. The van der Waals surface area contributed by atoms with E-state index in [0.717, 1.165) is 17.3 Å². The van der Waals surface area contributed by atoms with Gasteiger partial charge in [-0.1, -0.05) is 42.5 Å². The second-order valence-corrected chi connectivity index (χ2v) is 9.19. The van der Waals surface area contributed by atoms with Gasteiger partial charge in [0.1, 0.15) is 0 Å². The lowest BCUT2D eigenvalue weighted by atomic mass is 10.1. The molecule has 0 radical (unpaired) electrons. The van der Waals surface area contributed by atoms with E-state index in [0.29, 0.717) is 13.0 Å². The Morgan fingerprint density at radius 3 is 2.28 bits per heavy atom. The zero-order chi connectivity index (χ0) is 26.0. The Bertz CT molecular complexity index is 1290. The summed E-state index contributed by atoms with van der Waals surface area (Å²) in [7, 11) is -4.13. The zero-order valence-corrected chi connectivity index (χ0v) is 20.3. The van der Waals surface area contributed by atoms with Crippen LogP contribution in [0.1, 0.15) is 28.4 Å². The molecule has 0 saturated heterocycles. The number of nitrogens with zero attached hydrogens (tertiary/aromatic N) is 1. The predicted octanol–water partition coefficient (Wildman–Crippen LogP) is 2.64. The minimum absolute atomic E-state index is 0.0438. The van der Waals surface area contributed by atoms with Gasteiger partial charge in [-0.2, -0.15) is 0 Å². The third-order valence-corrected chi connectivity index (χ3v) is 6.20. The average molecular weight is 512 g/mol. The number of pyridine rings is 1. The fourth-order valence-electron chi connectivity index (χ4n) is 3.07. The molecule has 10 nitrogen and oxygen atoms in total. The van der Waals surface area contributed by atoms with Gasteiger partial charge in [-0.15, -0.1) is 0 Å². The Morgan fingerprint density at radius 1 is 0.917 bits per heavy atom. The molecule has 0 atom stereocenters. The number of sulfonamides is 1. The molecule has 0 fully saturated rings. The van der Waals surface area contributed by atoms with Crippen molar-refractivity contribution in [1.29, 1.82) is 0 Å². The van der Waals surface area contributed by atoms with E-state index in [-0.39, 0.29) is 35.3 Å². The number of amides is 2. The minimum Gasteiger partial charge on any atom is -0.434 e. The van der Waals surface area contributed by atoms with Gasteiger partial charge in [-0.3, -0.25) is 9.59 Å². The van der Waals surface area contributed by atoms with Crippen LogP contribution in [0.4, 0.5) is 4.79 Å². The largest absolute Gasteiger partial charge is 0.515 e. The highest BCUT2D eigenvalue weighted by Gasteiger charge is 2.19. The quantitative estimate of drug-likeness (QED) is 0.396. The monoisotopic (exact) mass is 511 g/mol. The smallest absolute Gasteiger partial charge is 0.434 e. The molecule has 3 rings (SSSR count). The van der Waals surface area contributed by atoms with Crippen LogP contribution in [-0.2, 0) is 32.4 Å². The highest BCUT2D eigenvalue weighted by molar-refractivity contribution is 7.90. The Labute approximate surface area is 208 Å². The normalized spacial score (nSPS) is 10.8. The molecule has 0 bridgehead atoms. The first-order valence-corrected chi connectivity index (χ1v) is 12.5. The molecule has 2 amide bonds. The molecule has 11 heteroatoms. The van der Waals surface area contributed by atoms with Crippen molar-refractivity contribution in [2.45, 2.75) is 24.7 Å². The molecule has 36 heavy (non-hydrogen) atoms. The highest BCUT2D eigenvalue weighted by Crippen LogP contribution is 2.13. The van der Waals surface area contributed by atoms with Gasteiger partial charge < -0.3 is 14.8 Å². The number of benzene rings is 2. The zero-order valence-electron chi connectivity index (χ0n) is 19.5. The van der Waals surface area contributed by atoms with Crippen LogP contribution in [0, 0.1) is 0 Å². The average Bonchev–Trinajstić information content (AvgIpc) is 2.85. The van der Waals surface area contributed by atoms with E-state index in [9.17, 15) is 22.8 Å². The summed E-state index contributed by atoms with van der Waals surface area (Å²) in [6.07, 6.45) is 0.935. The van der Waals surface area contributed by atoms with Gasteiger partial charge in [-0.25, -0.2) is 22.9 Å². The van der Waals surface area contributed by atoms with Crippen molar-refractivity contribution in [1.82, 2.24) is 15.0 Å². The summed E-state index contributed by atoms with van der Waals surface area (Å²) < 4.78 is 36.6. The van der Waals surface area contributed by atoms with Crippen LogP contribution in [0.3, 0.4) is 0 Å². The van der Waals surface area contributed by atoms with E-state index >= 15 is 0 Å². The SMILES string of the molecule is CCOC(=O)Oc1ccc(C(=O)NS(=O)(=O)c2ccc(CCNC(=O)Cc3ccccc3)cc2)cn1. The number of aromatic nitrogens is 1. The molecular formula is C25H25N3O7S. The van der Waals surface area contributed by atoms with Crippen LogP contribution in [0.25, 0.3) is 0 Å². The van der Waals surface area contributed by atoms with E-state index in [1.807, 2.05) is 35.1 Å². The molecule has 1 heterocycles. The number of hydrogen-bond acceptors (Lipinski definition) is 8. The van der Waals surface area contributed by atoms with Gasteiger partial charge in [0.25, 0.3) is 15.9 Å². The van der Waals surface area contributed by atoms with Crippen LogP contribution in [0.2, 0.25) is 0 Å². The minimum atomic E-state index is -4.13. The van der Waals surface area contributed by atoms with Crippen molar-refractivity contribution in [2.75, 3.05) is 13.2 Å². The predicted molar refractivity (Wildman–Crippen MR) is 130 cm³/mol. The molecule has 188 valence electrons. The Morgan fingerprint density at radius 2 is 1.64 bits per heavy atom. The second-order valence-electron chi connectivity index (χ2n) is 7.51. The van der Waals surface area contributed by atoms with Crippen molar-refractivity contribution in [3.63, 3.8) is 0 Å². The number of ether oxygens (including phenoxy) is 2. The summed E-state index contributed by atoms with van der Waals surface area (Å²) in [4.78, 5) is 39.4. The first-order valence-electron chi connectivity index (χ1n) is 11.0. The van der Waals surface area contributed by atoms with Gasteiger partial charge in [0, 0.05) is 18.8 Å². The number of rotatable bonds is 10. The lowest BCUT2D eigenvalue weighted by molar-refractivity contribution is -0.120. The number of hydrogen-bond donors (Lipinski definition) is 2. The van der Waals surface area contributed by atoms with Crippen molar-refractivity contribution >= 4 is 28.0 Å². The first kappa shape index (κ1) is 26.4. The number of nitrogens with one attached hydrogen (secondary N) is 2. The van der Waals surface area contributed by atoms with Crippen LogP contribution < -0.4 is 14.8 Å². The van der Waals surface area contributed by atoms with Crippen molar-refractivity contribution in [2.24, 2.45) is 0 Å². The van der Waals surface area contributed by atoms with E-state index in [1.54, 1.807) is 19.1 Å². The number of carbonyl (C=O) groups excluding carboxylic acids is 3. The van der Waals surface area contributed by atoms with Crippen LogP contribution in [-0.4, -0.2) is 44.5 Å². The molecule has 0 saturated carbocycles. The lowest BCUT2D eigenvalue weighted by Gasteiger charge is -2.09. The molecule has 0 aliphatic rings. The van der Waals surface area contributed by atoms with E-state index < -0.39 is 22.1 Å². The Kier molecular flexibility index (Phi) is 9.12. The highest BCUT2D eigenvalue weighted by atomic mass is 32.2. The molecule has 2 N–H and O–H groups in total.